The molecule has 1 saturated heterocycles. The van der Waals surface area contributed by atoms with E-state index in [4.69, 9.17) is 5.73 Å². The van der Waals surface area contributed by atoms with Crippen molar-refractivity contribution < 1.29 is 4.79 Å². The number of nitrogens with zero attached hydrogens (tertiary/aromatic N) is 5. The summed E-state index contributed by atoms with van der Waals surface area (Å²) in [5.74, 6) is 0.789. The second-order valence-corrected chi connectivity index (χ2v) is 5.61. The number of nitrogens with one attached hydrogen (secondary N) is 1. The van der Waals surface area contributed by atoms with E-state index < -0.39 is 0 Å². The van der Waals surface area contributed by atoms with Gasteiger partial charge in [-0.15, -0.1) is 5.10 Å². The number of anilines is 1. The van der Waals surface area contributed by atoms with Crippen molar-refractivity contribution >= 4 is 11.9 Å². The molecule has 0 spiro atoms. The minimum atomic E-state index is 0.0846. The minimum Gasteiger partial charge on any atom is -0.367 e. The van der Waals surface area contributed by atoms with Crippen LogP contribution in [0.2, 0.25) is 0 Å². The molecule has 1 fully saturated rings. The molecule has 118 valence electrons. The molecule has 8 heteroatoms. The average Bonchev–Trinajstić information content (AvgIpc) is 3.17. The summed E-state index contributed by atoms with van der Waals surface area (Å²) >= 11 is 0. The largest absolute Gasteiger partial charge is 0.367 e. The topological polar surface area (TPSA) is 106 Å². The Hall–Kier alpha value is -2.38. The van der Waals surface area contributed by atoms with E-state index in [1.165, 1.54) is 6.42 Å². The van der Waals surface area contributed by atoms with Gasteiger partial charge < -0.3 is 10.6 Å². The van der Waals surface area contributed by atoms with Crippen LogP contribution in [0, 0.1) is 0 Å². The molecule has 1 amide bonds. The van der Waals surface area contributed by atoms with Gasteiger partial charge in [-0.3, -0.25) is 14.6 Å². The summed E-state index contributed by atoms with van der Waals surface area (Å²) in [6.45, 7) is 1.64. The molecule has 2 aromatic rings. The van der Waals surface area contributed by atoms with E-state index >= 15 is 0 Å². The lowest BCUT2D eigenvalue weighted by Gasteiger charge is -2.35. The third-order valence-corrected chi connectivity index (χ3v) is 4.07. The second-order valence-electron chi connectivity index (χ2n) is 5.61. The fourth-order valence-electron chi connectivity index (χ4n) is 2.98. The zero-order chi connectivity index (χ0) is 15.4. The Morgan fingerprint density at radius 2 is 2.36 bits per heavy atom. The molecule has 3 heterocycles. The summed E-state index contributed by atoms with van der Waals surface area (Å²) in [5.41, 5.74) is 5.47. The van der Waals surface area contributed by atoms with E-state index in [0.717, 1.165) is 32.4 Å². The van der Waals surface area contributed by atoms with Crippen molar-refractivity contribution in [3.05, 3.63) is 24.3 Å². The molecular formula is C14H21N7O. The highest BCUT2D eigenvalue weighted by Gasteiger charge is 2.27. The molecule has 3 N–H and O–H groups in total. The Labute approximate surface area is 128 Å². The van der Waals surface area contributed by atoms with Crippen LogP contribution in [0.25, 0.3) is 0 Å². The Morgan fingerprint density at radius 3 is 3.09 bits per heavy atom. The van der Waals surface area contributed by atoms with E-state index in [-0.39, 0.29) is 24.3 Å². The van der Waals surface area contributed by atoms with Crippen molar-refractivity contribution in [1.82, 2.24) is 29.9 Å². The molecule has 0 radical (unpaired) electrons. The summed E-state index contributed by atoms with van der Waals surface area (Å²) < 4.78 is 1.91. The van der Waals surface area contributed by atoms with Crippen LogP contribution in [-0.4, -0.2) is 48.4 Å². The maximum absolute atomic E-state index is 12.5. The number of nitrogens with two attached hydrogens (primary N) is 1. The number of H-pyrrole nitrogens is 1. The molecule has 1 atom stereocenters. The Bertz CT molecular complexity index is 606. The smallest absolute Gasteiger partial charge is 0.239 e. The van der Waals surface area contributed by atoms with Crippen molar-refractivity contribution in [1.29, 1.82) is 0 Å². The summed E-state index contributed by atoms with van der Waals surface area (Å²) in [6.07, 6.45) is 8.15. The molecule has 0 saturated carbocycles. The number of hydrogen-bond donors (Lipinski definition) is 2. The van der Waals surface area contributed by atoms with E-state index in [9.17, 15) is 4.79 Å². The number of amides is 1. The monoisotopic (exact) mass is 303 g/mol. The zero-order valence-corrected chi connectivity index (χ0v) is 12.5. The van der Waals surface area contributed by atoms with Crippen LogP contribution < -0.4 is 5.73 Å². The van der Waals surface area contributed by atoms with Gasteiger partial charge in [-0.1, -0.05) is 0 Å². The molecule has 0 bridgehead atoms. The quantitative estimate of drug-likeness (QED) is 0.841. The van der Waals surface area contributed by atoms with Crippen LogP contribution in [0.5, 0.6) is 0 Å². The van der Waals surface area contributed by atoms with Crippen LogP contribution in [0.1, 0.15) is 31.5 Å². The van der Waals surface area contributed by atoms with Gasteiger partial charge in [0.05, 0.1) is 6.42 Å². The van der Waals surface area contributed by atoms with Crippen molar-refractivity contribution in [2.45, 2.75) is 44.7 Å². The summed E-state index contributed by atoms with van der Waals surface area (Å²) in [4.78, 5) is 18.5. The molecule has 1 aliphatic rings. The predicted molar refractivity (Wildman–Crippen MR) is 80.7 cm³/mol. The Morgan fingerprint density at radius 1 is 1.45 bits per heavy atom. The van der Waals surface area contributed by atoms with E-state index in [0.29, 0.717) is 5.82 Å². The van der Waals surface area contributed by atoms with Gasteiger partial charge >= 0.3 is 0 Å². The molecular weight excluding hydrogens is 282 g/mol. The highest BCUT2D eigenvalue weighted by Crippen LogP contribution is 2.21. The highest BCUT2D eigenvalue weighted by atomic mass is 16.2. The highest BCUT2D eigenvalue weighted by molar-refractivity contribution is 5.78. The van der Waals surface area contributed by atoms with Crippen LogP contribution >= 0.6 is 0 Å². The fourth-order valence-corrected chi connectivity index (χ4v) is 2.98. The summed E-state index contributed by atoms with van der Waals surface area (Å²) in [7, 11) is 0. The first-order valence-electron chi connectivity index (χ1n) is 7.66. The van der Waals surface area contributed by atoms with Crippen LogP contribution in [0.15, 0.2) is 18.5 Å². The molecule has 3 rings (SSSR count). The number of carbonyl (C=O) groups is 1. The first-order valence-corrected chi connectivity index (χ1v) is 7.66. The van der Waals surface area contributed by atoms with Gasteiger partial charge in [0.25, 0.3) is 0 Å². The molecule has 2 aromatic heterocycles. The van der Waals surface area contributed by atoms with Gasteiger partial charge in [-0.2, -0.15) is 10.1 Å². The van der Waals surface area contributed by atoms with Crippen molar-refractivity contribution in [2.24, 2.45) is 0 Å². The molecule has 22 heavy (non-hydrogen) atoms. The normalized spacial score (nSPS) is 18.5. The second kappa shape index (κ2) is 6.59. The van der Waals surface area contributed by atoms with Gasteiger partial charge in [0.15, 0.2) is 0 Å². The number of carbonyl (C=O) groups excluding carboxylic acids is 1. The Balaban J connectivity index is 1.60. The summed E-state index contributed by atoms with van der Waals surface area (Å²) in [5, 5.41) is 10.7. The minimum absolute atomic E-state index is 0.0846. The van der Waals surface area contributed by atoms with Crippen molar-refractivity contribution in [3.8, 4) is 0 Å². The van der Waals surface area contributed by atoms with E-state index in [1.807, 2.05) is 21.8 Å². The van der Waals surface area contributed by atoms with Crippen molar-refractivity contribution in [3.63, 3.8) is 0 Å². The van der Waals surface area contributed by atoms with Gasteiger partial charge in [-0.05, 0) is 31.7 Å². The lowest BCUT2D eigenvalue weighted by Crippen LogP contribution is -2.45. The Kier molecular flexibility index (Phi) is 4.36. The number of aromatic nitrogens is 5. The molecule has 8 nitrogen and oxygen atoms in total. The van der Waals surface area contributed by atoms with Gasteiger partial charge in [0.2, 0.25) is 11.9 Å². The summed E-state index contributed by atoms with van der Waals surface area (Å²) in [6, 6.07) is 2.18. The van der Waals surface area contributed by atoms with Crippen molar-refractivity contribution in [2.75, 3.05) is 12.3 Å². The standard InChI is InChI=1S/C14H21N7O/c15-14-17-12(18-19-14)10-13(22)21-8-2-1-4-11(21)5-9-20-7-3-6-16-20/h3,6-7,11H,1-2,4-5,8-10H2,(H3,15,17,18,19). The number of aryl methyl sites for hydroxylation is 1. The number of hydrogen-bond acceptors (Lipinski definition) is 5. The van der Waals surface area contributed by atoms with Crippen LogP contribution in [0.3, 0.4) is 0 Å². The first-order chi connectivity index (χ1) is 10.7. The average molecular weight is 303 g/mol. The van der Waals surface area contributed by atoms with E-state index in [1.54, 1.807) is 6.20 Å². The lowest BCUT2D eigenvalue weighted by atomic mass is 9.99. The van der Waals surface area contributed by atoms with Crippen LogP contribution in [-0.2, 0) is 17.8 Å². The predicted octanol–water partition coefficient (Wildman–Crippen LogP) is 0.597. The number of aromatic amines is 1. The maximum Gasteiger partial charge on any atom is 0.239 e. The molecule has 1 aliphatic heterocycles. The van der Waals surface area contributed by atoms with Gasteiger partial charge in [-0.25, -0.2) is 0 Å². The number of likely N-dealkylation sites (tertiary alicyclic amines) is 1. The third kappa shape index (κ3) is 3.44. The van der Waals surface area contributed by atoms with Gasteiger partial charge in [0.1, 0.15) is 5.82 Å². The third-order valence-electron chi connectivity index (χ3n) is 4.07. The molecule has 0 aromatic carbocycles. The zero-order valence-electron chi connectivity index (χ0n) is 12.5. The van der Waals surface area contributed by atoms with Crippen LogP contribution in [0.4, 0.5) is 5.95 Å². The number of rotatable bonds is 5. The van der Waals surface area contributed by atoms with Gasteiger partial charge in [0, 0.05) is 31.5 Å². The molecule has 0 aliphatic carbocycles. The fraction of sp³-hybridized carbons (Fsp3) is 0.571. The van der Waals surface area contributed by atoms with E-state index in [2.05, 4.69) is 20.3 Å². The molecule has 1 unspecified atom stereocenters. The lowest BCUT2D eigenvalue weighted by molar-refractivity contribution is -0.134. The number of nitrogen functional groups attached to an aromatic ring is 1. The first kappa shape index (κ1) is 14.6. The number of piperidine rings is 1. The maximum atomic E-state index is 12.5. The SMILES string of the molecule is Nc1n[nH]c(CC(=O)N2CCCCC2CCn2cccn2)n1.